The normalized spacial score (nSPS) is 10.6. The molecule has 0 unspecified atom stereocenters. The molecule has 2 aromatic carbocycles. The summed E-state index contributed by atoms with van der Waals surface area (Å²) in [6, 6.07) is 19.6. The molecule has 0 aliphatic carbocycles. The SMILES string of the molecule is Cc1cn(Cc2ccccc2)c(C(=O)O)c1-c1ccccc1. The molecule has 3 aromatic rings. The molecule has 1 heterocycles. The smallest absolute Gasteiger partial charge is 0.353 e. The summed E-state index contributed by atoms with van der Waals surface area (Å²) in [6.45, 7) is 2.51. The Bertz CT molecular complexity index is 789. The molecule has 22 heavy (non-hydrogen) atoms. The van der Waals surface area contributed by atoms with Crippen LogP contribution in [0.25, 0.3) is 11.1 Å². The number of aromatic carboxylic acids is 1. The number of benzene rings is 2. The standard InChI is InChI=1S/C19H17NO2/c1-14-12-20(13-15-8-4-2-5-9-15)18(19(21)22)17(14)16-10-6-3-7-11-16/h2-12H,13H2,1H3,(H,21,22). The highest BCUT2D eigenvalue weighted by molar-refractivity contribution is 5.95. The van der Waals surface area contributed by atoms with E-state index in [0.717, 1.165) is 22.3 Å². The number of carboxylic acid groups (broad SMARTS) is 1. The van der Waals surface area contributed by atoms with Crippen molar-refractivity contribution in [1.82, 2.24) is 4.57 Å². The predicted molar refractivity (Wildman–Crippen MR) is 87.1 cm³/mol. The summed E-state index contributed by atoms with van der Waals surface area (Å²) in [5.74, 6) is -0.900. The highest BCUT2D eigenvalue weighted by Gasteiger charge is 2.20. The van der Waals surface area contributed by atoms with E-state index >= 15 is 0 Å². The molecule has 0 fully saturated rings. The molecule has 1 N–H and O–H groups in total. The number of hydrogen-bond donors (Lipinski definition) is 1. The quantitative estimate of drug-likeness (QED) is 0.782. The molecule has 0 bridgehead atoms. The Balaban J connectivity index is 2.11. The van der Waals surface area contributed by atoms with Crippen LogP contribution in [-0.4, -0.2) is 15.6 Å². The first-order valence-corrected chi connectivity index (χ1v) is 7.19. The predicted octanol–water partition coefficient (Wildman–Crippen LogP) is 4.21. The third-order valence-corrected chi connectivity index (χ3v) is 3.73. The van der Waals surface area contributed by atoms with Gasteiger partial charge in [0.2, 0.25) is 0 Å². The molecule has 0 saturated heterocycles. The van der Waals surface area contributed by atoms with Gasteiger partial charge in [-0.05, 0) is 23.6 Å². The molecule has 0 radical (unpaired) electrons. The number of hydrogen-bond acceptors (Lipinski definition) is 1. The van der Waals surface area contributed by atoms with E-state index < -0.39 is 5.97 Å². The molecule has 0 aliphatic heterocycles. The molecule has 110 valence electrons. The second-order valence-corrected chi connectivity index (χ2v) is 5.32. The summed E-state index contributed by atoms with van der Waals surface area (Å²) >= 11 is 0. The van der Waals surface area contributed by atoms with Crippen LogP contribution in [0.15, 0.2) is 66.9 Å². The van der Waals surface area contributed by atoms with Crippen molar-refractivity contribution in [3.8, 4) is 11.1 Å². The summed E-state index contributed by atoms with van der Waals surface area (Å²) in [5.41, 5.74) is 4.12. The van der Waals surface area contributed by atoms with Gasteiger partial charge in [-0.2, -0.15) is 0 Å². The zero-order valence-electron chi connectivity index (χ0n) is 12.4. The molecule has 3 heteroatoms. The summed E-state index contributed by atoms with van der Waals surface area (Å²) in [6.07, 6.45) is 1.92. The van der Waals surface area contributed by atoms with Crippen LogP contribution in [0, 0.1) is 6.92 Å². The summed E-state index contributed by atoms with van der Waals surface area (Å²) in [4.78, 5) is 11.8. The Hall–Kier alpha value is -2.81. The van der Waals surface area contributed by atoms with Gasteiger partial charge >= 0.3 is 5.97 Å². The van der Waals surface area contributed by atoms with Crippen LogP contribution in [0.3, 0.4) is 0 Å². The zero-order chi connectivity index (χ0) is 15.5. The van der Waals surface area contributed by atoms with E-state index in [1.807, 2.05) is 78.4 Å². The minimum Gasteiger partial charge on any atom is -0.477 e. The summed E-state index contributed by atoms with van der Waals surface area (Å²) in [5, 5.41) is 9.68. The average Bonchev–Trinajstić information content (AvgIpc) is 2.85. The first-order chi connectivity index (χ1) is 10.7. The lowest BCUT2D eigenvalue weighted by atomic mass is 10.0. The van der Waals surface area contributed by atoms with Crippen molar-refractivity contribution < 1.29 is 9.90 Å². The van der Waals surface area contributed by atoms with Gasteiger partial charge in [0.15, 0.2) is 0 Å². The third-order valence-electron chi connectivity index (χ3n) is 3.73. The molecular weight excluding hydrogens is 274 g/mol. The van der Waals surface area contributed by atoms with Crippen LogP contribution in [0.1, 0.15) is 21.6 Å². The number of aryl methyl sites for hydroxylation is 1. The summed E-state index contributed by atoms with van der Waals surface area (Å²) < 4.78 is 1.81. The maximum atomic E-state index is 11.8. The fraction of sp³-hybridized carbons (Fsp3) is 0.105. The van der Waals surface area contributed by atoms with Crippen molar-refractivity contribution in [2.24, 2.45) is 0 Å². The Morgan fingerprint density at radius 1 is 1.00 bits per heavy atom. The van der Waals surface area contributed by atoms with Crippen LogP contribution in [0.4, 0.5) is 0 Å². The van der Waals surface area contributed by atoms with Gasteiger partial charge in [-0.3, -0.25) is 0 Å². The van der Waals surface area contributed by atoms with Crippen LogP contribution >= 0.6 is 0 Å². The molecule has 3 rings (SSSR count). The lowest BCUT2D eigenvalue weighted by Gasteiger charge is -2.08. The largest absolute Gasteiger partial charge is 0.477 e. The Labute approximate surface area is 129 Å². The van der Waals surface area contributed by atoms with Crippen molar-refractivity contribution in [2.75, 3.05) is 0 Å². The van der Waals surface area contributed by atoms with Gasteiger partial charge in [-0.15, -0.1) is 0 Å². The third kappa shape index (κ3) is 2.66. The van der Waals surface area contributed by atoms with Crippen LogP contribution in [-0.2, 0) is 6.54 Å². The number of carboxylic acids is 1. The lowest BCUT2D eigenvalue weighted by Crippen LogP contribution is -2.09. The van der Waals surface area contributed by atoms with Crippen molar-refractivity contribution in [1.29, 1.82) is 0 Å². The van der Waals surface area contributed by atoms with Crippen molar-refractivity contribution in [2.45, 2.75) is 13.5 Å². The minimum atomic E-state index is -0.900. The van der Waals surface area contributed by atoms with Gasteiger partial charge in [0.05, 0.1) is 0 Å². The van der Waals surface area contributed by atoms with Gasteiger partial charge in [0, 0.05) is 18.3 Å². The Morgan fingerprint density at radius 3 is 2.18 bits per heavy atom. The van der Waals surface area contributed by atoms with Crippen molar-refractivity contribution in [3.05, 3.63) is 83.7 Å². The van der Waals surface area contributed by atoms with Crippen LogP contribution < -0.4 is 0 Å². The first kappa shape index (κ1) is 14.1. The number of aromatic nitrogens is 1. The van der Waals surface area contributed by atoms with Gasteiger partial charge in [-0.1, -0.05) is 60.7 Å². The number of carbonyl (C=O) groups is 1. The maximum Gasteiger partial charge on any atom is 0.353 e. The maximum absolute atomic E-state index is 11.8. The minimum absolute atomic E-state index is 0.340. The molecule has 0 amide bonds. The number of nitrogens with zero attached hydrogens (tertiary/aromatic N) is 1. The molecule has 0 spiro atoms. The molecule has 0 aliphatic rings. The first-order valence-electron chi connectivity index (χ1n) is 7.19. The van der Waals surface area contributed by atoms with E-state index in [2.05, 4.69) is 0 Å². The second kappa shape index (κ2) is 5.90. The van der Waals surface area contributed by atoms with E-state index in [1.54, 1.807) is 0 Å². The van der Waals surface area contributed by atoms with E-state index in [4.69, 9.17) is 0 Å². The Morgan fingerprint density at radius 2 is 1.59 bits per heavy atom. The van der Waals surface area contributed by atoms with E-state index in [-0.39, 0.29) is 0 Å². The van der Waals surface area contributed by atoms with Crippen molar-refractivity contribution >= 4 is 5.97 Å². The lowest BCUT2D eigenvalue weighted by molar-refractivity contribution is 0.0686. The Kier molecular flexibility index (Phi) is 3.79. The summed E-state index contributed by atoms with van der Waals surface area (Å²) in [7, 11) is 0. The zero-order valence-corrected chi connectivity index (χ0v) is 12.4. The highest BCUT2D eigenvalue weighted by atomic mass is 16.4. The molecule has 1 aromatic heterocycles. The van der Waals surface area contributed by atoms with Gasteiger partial charge in [0.1, 0.15) is 5.69 Å². The van der Waals surface area contributed by atoms with Gasteiger partial charge in [-0.25, -0.2) is 4.79 Å². The molecular formula is C19H17NO2. The van der Waals surface area contributed by atoms with E-state index in [0.29, 0.717) is 12.2 Å². The average molecular weight is 291 g/mol. The molecule has 0 atom stereocenters. The monoisotopic (exact) mass is 291 g/mol. The molecule has 0 saturated carbocycles. The fourth-order valence-corrected chi connectivity index (χ4v) is 2.80. The fourth-order valence-electron chi connectivity index (χ4n) is 2.80. The van der Waals surface area contributed by atoms with E-state index in [9.17, 15) is 9.90 Å². The van der Waals surface area contributed by atoms with Crippen LogP contribution in [0.2, 0.25) is 0 Å². The second-order valence-electron chi connectivity index (χ2n) is 5.32. The molecule has 3 nitrogen and oxygen atoms in total. The van der Waals surface area contributed by atoms with Gasteiger partial charge in [0.25, 0.3) is 0 Å². The number of rotatable bonds is 4. The topological polar surface area (TPSA) is 42.2 Å². The van der Waals surface area contributed by atoms with Gasteiger partial charge < -0.3 is 9.67 Å². The van der Waals surface area contributed by atoms with Crippen LogP contribution in [0.5, 0.6) is 0 Å². The highest BCUT2D eigenvalue weighted by Crippen LogP contribution is 2.29. The van der Waals surface area contributed by atoms with Crippen molar-refractivity contribution in [3.63, 3.8) is 0 Å². The van der Waals surface area contributed by atoms with E-state index in [1.165, 1.54) is 0 Å².